The number of nitrogens with zero attached hydrogens (tertiary/aromatic N) is 3. The van der Waals surface area contributed by atoms with E-state index in [0.29, 0.717) is 34.5 Å². The second kappa shape index (κ2) is 12.9. The van der Waals surface area contributed by atoms with Crippen molar-refractivity contribution in [3.8, 4) is 90.2 Å². The van der Waals surface area contributed by atoms with E-state index in [9.17, 15) is 0 Å². The van der Waals surface area contributed by atoms with Gasteiger partial charge in [0.25, 0.3) is 0 Å². The van der Waals surface area contributed by atoms with Crippen LogP contribution in [0.25, 0.3) is 89.4 Å². The third-order valence-corrected chi connectivity index (χ3v) is 9.66. The molecular weight excluding hydrogens is 647 g/mol. The van der Waals surface area contributed by atoms with E-state index < -0.39 is 6.04 Å². The van der Waals surface area contributed by atoms with Gasteiger partial charge in [0.05, 0.1) is 6.85 Å². The fourth-order valence-corrected chi connectivity index (χ4v) is 7.02. The van der Waals surface area contributed by atoms with Gasteiger partial charge in [0.2, 0.25) is 0 Å². The first-order valence-corrected chi connectivity index (χ1v) is 17.4. The molecule has 8 aromatic carbocycles. The molecule has 0 amide bonds. The molecular formula is C49H31N3O. The second-order valence-corrected chi connectivity index (χ2v) is 12.8. The standard InChI is InChI=1S/C49H31N3O/c1-4-11-32(12-5-1)33-19-23-37(24-20-33)48-50-47(36-15-8-3-9-16-36)51-49(52-48)38-25-21-34(22-26-38)39-27-29-44-43(31-39)42-18-10-17-41-40(35-13-6-2-7-14-35)28-30-45(53-44)46(41)42/h1-31H/i2D,6D,7D,13D,14D. The third kappa shape index (κ3) is 5.63. The van der Waals surface area contributed by atoms with Gasteiger partial charge in [0.1, 0.15) is 11.5 Å². The van der Waals surface area contributed by atoms with E-state index in [0.717, 1.165) is 60.8 Å². The highest BCUT2D eigenvalue weighted by Gasteiger charge is 2.22. The fraction of sp³-hybridized carbons (Fsp3) is 0. The molecule has 0 saturated carbocycles. The van der Waals surface area contributed by atoms with Gasteiger partial charge in [-0.15, -0.1) is 0 Å². The summed E-state index contributed by atoms with van der Waals surface area (Å²) in [5.74, 6) is 3.10. The molecule has 248 valence electrons. The van der Waals surface area contributed by atoms with E-state index in [1.807, 2.05) is 97.1 Å². The van der Waals surface area contributed by atoms with Gasteiger partial charge in [-0.2, -0.15) is 0 Å². The van der Waals surface area contributed by atoms with Crippen molar-refractivity contribution in [3.63, 3.8) is 0 Å². The molecule has 0 saturated heterocycles. The SMILES string of the molecule is [2H]c1c([2H])c([2H])c(-c2ccc3c4c(cccc24)-c2cc(-c4ccc(-c5nc(-c6ccccc6)nc(-c6ccc(-c7ccccc7)cc6)n5)cc4)ccc2O3)c([2H])c1[2H]. The Labute approximate surface area is 314 Å². The van der Waals surface area contributed by atoms with Crippen LogP contribution in [-0.4, -0.2) is 15.0 Å². The highest BCUT2D eigenvalue weighted by atomic mass is 16.5. The number of benzene rings is 8. The Kier molecular flexibility index (Phi) is 6.24. The summed E-state index contributed by atoms with van der Waals surface area (Å²) in [5.41, 5.74) is 9.43. The van der Waals surface area contributed by atoms with Crippen molar-refractivity contribution in [2.24, 2.45) is 0 Å². The third-order valence-electron chi connectivity index (χ3n) is 9.66. The topological polar surface area (TPSA) is 47.9 Å². The first-order valence-electron chi connectivity index (χ1n) is 19.9. The number of rotatable bonds is 6. The summed E-state index contributed by atoms with van der Waals surface area (Å²) in [7, 11) is 0. The lowest BCUT2D eigenvalue weighted by atomic mass is 9.89. The minimum atomic E-state index is -0.417. The van der Waals surface area contributed by atoms with E-state index in [2.05, 4.69) is 54.6 Å². The van der Waals surface area contributed by atoms with Crippen molar-refractivity contribution in [2.45, 2.75) is 0 Å². The molecule has 4 nitrogen and oxygen atoms in total. The first kappa shape index (κ1) is 25.7. The summed E-state index contributed by atoms with van der Waals surface area (Å²) in [6.07, 6.45) is 0. The molecule has 0 fully saturated rings. The monoisotopic (exact) mass is 682 g/mol. The van der Waals surface area contributed by atoms with Crippen molar-refractivity contribution >= 4 is 10.8 Å². The van der Waals surface area contributed by atoms with Crippen LogP contribution in [0.3, 0.4) is 0 Å². The van der Waals surface area contributed by atoms with Crippen molar-refractivity contribution < 1.29 is 11.6 Å². The van der Waals surface area contributed by atoms with E-state index in [4.69, 9.17) is 26.5 Å². The quantitative estimate of drug-likeness (QED) is 0.175. The number of hydrogen-bond acceptors (Lipinski definition) is 4. The number of hydrogen-bond donors (Lipinski definition) is 0. The lowest BCUT2D eigenvalue weighted by Crippen LogP contribution is -2.00. The van der Waals surface area contributed by atoms with Crippen LogP contribution < -0.4 is 4.74 Å². The van der Waals surface area contributed by atoms with Gasteiger partial charge in [0.15, 0.2) is 17.5 Å². The minimum absolute atomic E-state index is 0.163. The highest BCUT2D eigenvalue weighted by Crippen LogP contribution is 2.49. The lowest BCUT2D eigenvalue weighted by Gasteiger charge is -2.23. The molecule has 0 atom stereocenters. The van der Waals surface area contributed by atoms with Crippen molar-refractivity contribution in [3.05, 3.63) is 188 Å². The van der Waals surface area contributed by atoms with Gasteiger partial charge in [-0.05, 0) is 62.5 Å². The number of aromatic nitrogens is 3. The average Bonchev–Trinajstić information content (AvgIpc) is 3.29. The molecule has 2 heterocycles. The highest BCUT2D eigenvalue weighted by molar-refractivity contribution is 6.10. The van der Waals surface area contributed by atoms with E-state index in [-0.39, 0.29) is 29.7 Å². The van der Waals surface area contributed by atoms with Crippen molar-refractivity contribution in [2.75, 3.05) is 0 Å². The molecule has 9 aromatic rings. The molecule has 0 unspecified atom stereocenters. The molecule has 0 spiro atoms. The van der Waals surface area contributed by atoms with Crippen molar-refractivity contribution in [1.82, 2.24) is 15.0 Å². The summed E-state index contributed by atoms with van der Waals surface area (Å²) in [6, 6.07) is 50.6. The first-order chi connectivity index (χ1) is 28.3. The van der Waals surface area contributed by atoms with E-state index in [1.165, 1.54) is 0 Å². The normalized spacial score (nSPS) is 12.9. The molecule has 1 aliphatic heterocycles. The largest absolute Gasteiger partial charge is 0.456 e. The van der Waals surface area contributed by atoms with E-state index >= 15 is 0 Å². The Balaban J connectivity index is 1.02. The van der Waals surface area contributed by atoms with Crippen LogP contribution in [0.2, 0.25) is 0 Å². The van der Waals surface area contributed by atoms with Gasteiger partial charge in [0, 0.05) is 27.6 Å². The fourth-order valence-electron chi connectivity index (χ4n) is 7.02. The van der Waals surface area contributed by atoms with Crippen LogP contribution in [0.15, 0.2) is 188 Å². The van der Waals surface area contributed by atoms with Gasteiger partial charge in [-0.1, -0.05) is 170 Å². The summed E-state index contributed by atoms with van der Waals surface area (Å²) < 4.78 is 48.3. The maximum Gasteiger partial charge on any atom is 0.164 e. The van der Waals surface area contributed by atoms with Crippen LogP contribution in [-0.2, 0) is 0 Å². The van der Waals surface area contributed by atoms with Crippen LogP contribution in [0.5, 0.6) is 11.5 Å². The lowest BCUT2D eigenvalue weighted by molar-refractivity contribution is 0.487. The van der Waals surface area contributed by atoms with Gasteiger partial charge in [-0.25, -0.2) is 15.0 Å². The smallest absolute Gasteiger partial charge is 0.164 e. The van der Waals surface area contributed by atoms with E-state index in [1.54, 1.807) is 6.07 Å². The Morgan fingerprint density at radius 3 is 1.51 bits per heavy atom. The molecule has 10 rings (SSSR count). The summed E-state index contributed by atoms with van der Waals surface area (Å²) in [4.78, 5) is 14.8. The molecule has 0 aliphatic carbocycles. The Bertz CT molecular complexity index is 3040. The van der Waals surface area contributed by atoms with Crippen LogP contribution >= 0.6 is 0 Å². The summed E-state index contributed by atoms with van der Waals surface area (Å²) in [6.45, 7) is 0. The molecule has 4 heteroatoms. The predicted molar refractivity (Wildman–Crippen MR) is 215 cm³/mol. The zero-order chi connectivity index (χ0) is 39.5. The molecule has 0 radical (unpaired) electrons. The Morgan fingerprint density at radius 2 is 0.868 bits per heavy atom. The van der Waals surface area contributed by atoms with Crippen molar-refractivity contribution in [1.29, 1.82) is 0 Å². The number of ether oxygens (including phenoxy) is 1. The Morgan fingerprint density at radius 1 is 0.358 bits per heavy atom. The molecule has 0 N–H and O–H groups in total. The van der Waals surface area contributed by atoms with Crippen LogP contribution in [0.4, 0.5) is 0 Å². The van der Waals surface area contributed by atoms with Crippen LogP contribution in [0, 0.1) is 0 Å². The number of fused-ring (bicyclic) bond motifs is 2. The molecule has 1 aromatic heterocycles. The minimum Gasteiger partial charge on any atom is -0.456 e. The maximum atomic E-state index is 8.64. The zero-order valence-corrected chi connectivity index (χ0v) is 28.3. The zero-order valence-electron chi connectivity index (χ0n) is 33.3. The molecule has 1 aliphatic rings. The molecule has 53 heavy (non-hydrogen) atoms. The Hall–Kier alpha value is -7.17. The van der Waals surface area contributed by atoms with Gasteiger partial charge < -0.3 is 4.74 Å². The van der Waals surface area contributed by atoms with Gasteiger partial charge >= 0.3 is 0 Å². The second-order valence-electron chi connectivity index (χ2n) is 12.8. The van der Waals surface area contributed by atoms with Crippen LogP contribution in [0.1, 0.15) is 6.85 Å². The average molecular weight is 683 g/mol. The summed E-state index contributed by atoms with van der Waals surface area (Å²) in [5, 5.41) is 1.56. The predicted octanol–water partition coefficient (Wildman–Crippen LogP) is 12.8. The van der Waals surface area contributed by atoms with Gasteiger partial charge in [-0.3, -0.25) is 0 Å². The maximum absolute atomic E-state index is 8.64. The molecule has 0 bridgehead atoms. The summed E-state index contributed by atoms with van der Waals surface area (Å²) >= 11 is 0.